The number of nitriles is 1. The van der Waals surface area contributed by atoms with Crippen LogP contribution in [0.25, 0.3) is 22.2 Å². The van der Waals surface area contributed by atoms with E-state index in [1.165, 1.54) is 40.9 Å². The van der Waals surface area contributed by atoms with Gasteiger partial charge in [0.15, 0.2) is 0 Å². The molecule has 2 N–H and O–H groups in total. The predicted octanol–water partition coefficient (Wildman–Crippen LogP) is 5.98. The quantitative estimate of drug-likeness (QED) is 0.402. The van der Waals surface area contributed by atoms with Crippen molar-refractivity contribution in [2.75, 3.05) is 5.73 Å². The lowest BCUT2D eigenvalue weighted by atomic mass is 9.95. The fraction of sp³-hybridized carbons (Fsp3) is 0.0833. The Balaban J connectivity index is 1.95. The van der Waals surface area contributed by atoms with Gasteiger partial charge in [-0.2, -0.15) is 23.5 Å². The maximum absolute atomic E-state index is 13.4. The van der Waals surface area contributed by atoms with Gasteiger partial charge in [-0.25, -0.2) is 8.91 Å². The van der Waals surface area contributed by atoms with E-state index in [2.05, 4.69) is 17.7 Å². The number of nitrogens with two attached hydrogens (primary N) is 1. The first-order valence-electron chi connectivity index (χ1n) is 9.46. The fourth-order valence-corrected chi connectivity index (χ4v) is 3.69. The van der Waals surface area contributed by atoms with Crippen molar-refractivity contribution in [3.05, 3.63) is 94.9 Å². The zero-order valence-electron chi connectivity index (χ0n) is 16.8. The van der Waals surface area contributed by atoms with Crippen molar-refractivity contribution in [1.82, 2.24) is 9.61 Å². The number of aromatic nitrogens is 2. The molecule has 160 valence electrons. The van der Waals surface area contributed by atoms with Gasteiger partial charge >= 0.3 is 6.18 Å². The average Bonchev–Trinajstić information content (AvgIpc) is 3.09. The van der Waals surface area contributed by atoms with E-state index in [0.29, 0.717) is 33.5 Å². The lowest BCUT2D eigenvalue weighted by Crippen LogP contribution is -2.05. The Morgan fingerprint density at radius 1 is 1.12 bits per heavy atom. The van der Waals surface area contributed by atoms with Gasteiger partial charge in [0.05, 0.1) is 16.8 Å². The van der Waals surface area contributed by atoms with Crippen molar-refractivity contribution >= 4 is 16.9 Å². The Bertz CT molecular complexity index is 1410. The molecule has 2 aromatic carbocycles. The highest BCUT2D eigenvalue weighted by atomic mass is 19.4. The Morgan fingerprint density at radius 3 is 2.44 bits per heavy atom. The molecule has 0 aliphatic rings. The maximum Gasteiger partial charge on any atom is 0.416 e. The summed E-state index contributed by atoms with van der Waals surface area (Å²) in [5, 5.41) is 14.1. The summed E-state index contributed by atoms with van der Waals surface area (Å²) in [5.74, 6) is -0.365. The van der Waals surface area contributed by atoms with Crippen LogP contribution in [0.2, 0.25) is 0 Å². The van der Waals surface area contributed by atoms with Crippen LogP contribution in [0.1, 0.15) is 27.9 Å². The van der Waals surface area contributed by atoms with Crippen LogP contribution in [0.4, 0.5) is 23.4 Å². The molecule has 4 rings (SSSR count). The first-order chi connectivity index (χ1) is 15.1. The normalized spacial score (nSPS) is 11.5. The number of fused-ring (bicyclic) bond motifs is 1. The van der Waals surface area contributed by atoms with Crippen molar-refractivity contribution in [2.24, 2.45) is 0 Å². The summed E-state index contributed by atoms with van der Waals surface area (Å²) in [6.45, 7) is 5.70. The highest BCUT2D eigenvalue weighted by molar-refractivity contribution is 5.91. The maximum atomic E-state index is 13.4. The van der Waals surface area contributed by atoms with E-state index < -0.39 is 17.6 Å². The molecule has 0 bridgehead atoms. The standard InChI is InChI=1S/C24H16F4N4/c1-13(16-4-3-5-17(10-16)24(26,27)28)22-14(2)31-32-21(22)11-19(20(12-29)23(32)30)15-6-8-18(25)9-7-15/h3-11H,1,30H2,2H3. The largest absolute Gasteiger partial charge is 0.416 e. The van der Waals surface area contributed by atoms with E-state index in [0.717, 1.165) is 12.1 Å². The predicted molar refractivity (Wildman–Crippen MR) is 114 cm³/mol. The number of halogens is 4. The highest BCUT2D eigenvalue weighted by Crippen LogP contribution is 2.37. The summed E-state index contributed by atoms with van der Waals surface area (Å²) in [4.78, 5) is 0. The minimum atomic E-state index is -4.49. The summed E-state index contributed by atoms with van der Waals surface area (Å²) < 4.78 is 54.3. The van der Waals surface area contributed by atoms with E-state index in [4.69, 9.17) is 5.73 Å². The first kappa shape index (κ1) is 21.1. The van der Waals surface area contributed by atoms with Crippen LogP contribution in [0.5, 0.6) is 0 Å². The van der Waals surface area contributed by atoms with Crippen molar-refractivity contribution in [3.63, 3.8) is 0 Å². The molecule has 4 nitrogen and oxygen atoms in total. The lowest BCUT2D eigenvalue weighted by Gasteiger charge is -2.12. The SMILES string of the molecule is C=C(c1cccc(C(F)(F)F)c1)c1c(C)nn2c(N)c(C#N)c(-c3ccc(F)cc3)cc12. The molecule has 0 spiro atoms. The van der Waals surface area contributed by atoms with Crippen LogP contribution in [-0.4, -0.2) is 9.61 Å². The first-order valence-corrected chi connectivity index (χ1v) is 9.46. The van der Waals surface area contributed by atoms with Crippen molar-refractivity contribution < 1.29 is 17.6 Å². The second kappa shape index (κ2) is 7.54. The molecule has 0 unspecified atom stereocenters. The third-order valence-electron chi connectivity index (χ3n) is 5.24. The summed E-state index contributed by atoms with van der Waals surface area (Å²) in [5.41, 5.74) is 8.68. The van der Waals surface area contributed by atoms with Gasteiger partial charge in [0, 0.05) is 11.1 Å². The molecule has 0 aliphatic carbocycles. The number of rotatable bonds is 3. The molecular formula is C24H16F4N4. The number of alkyl halides is 3. The Kier molecular flexibility index (Phi) is 4.97. The van der Waals surface area contributed by atoms with Gasteiger partial charge in [-0.1, -0.05) is 30.8 Å². The van der Waals surface area contributed by atoms with Crippen LogP contribution < -0.4 is 5.73 Å². The van der Waals surface area contributed by atoms with Gasteiger partial charge < -0.3 is 5.73 Å². The topological polar surface area (TPSA) is 67.1 Å². The van der Waals surface area contributed by atoms with Gasteiger partial charge in [0.25, 0.3) is 0 Å². The molecule has 2 heterocycles. The number of aryl methyl sites for hydroxylation is 1. The summed E-state index contributed by atoms with van der Waals surface area (Å²) in [6.07, 6.45) is -4.49. The molecule has 0 saturated heterocycles. The number of pyridine rings is 1. The van der Waals surface area contributed by atoms with Crippen LogP contribution in [0.15, 0.2) is 61.2 Å². The summed E-state index contributed by atoms with van der Waals surface area (Å²) >= 11 is 0. The molecule has 0 saturated carbocycles. The van der Waals surface area contributed by atoms with Gasteiger partial charge in [-0.05, 0) is 54.0 Å². The fourth-order valence-electron chi connectivity index (χ4n) is 3.69. The molecule has 0 fully saturated rings. The van der Waals surface area contributed by atoms with E-state index in [1.54, 1.807) is 13.0 Å². The van der Waals surface area contributed by atoms with Crippen molar-refractivity contribution in [3.8, 4) is 17.2 Å². The smallest absolute Gasteiger partial charge is 0.383 e. The molecule has 0 aliphatic heterocycles. The van der Waals surface area contributed by atoms with Gasteiger partial charge in [-0.3, -0.25) is 0 Å². The van der Waals surface area contributed by atoms with Crippen molar-refractivity contribution in [1.29, 1.82) is 5.26 Å². The van der Waals surface area contributed by atoms with E-state index in [-0.39, 0.29) is 16.9 Å². The minimum absolute atomic E-state index is 0.0653. The van der Waals surface area contributed by atoms with Crippen LogP contribution >= 0.6 is 0 Å². The Morgan fingerprint density at radius 2 is 1.81 bits per heavy atom. The van der Waals surface area contributed by atoms with Crippen LogP contribution in [-0.2, 0) is 6.18 Å². The molecule has 4 aromatic rings. The summed E-state index contributed by atoms with van der Waals surface area (Å²) in [6, 6.07) is 14.2. The number of benzene rings is 2. The van der Waals surface area contributed by atoms with E-state index in [1.807, 2.05) is 0 Å². The number of anilines is 1. The molecule has 8 heteroatoms. The third-order valence-corrected chi connectivity index (χ3v) is 5.24. The van der Waals surface area contributed by atoms with Crippen LogP contribution in [0, 0.1) is 24.1 Å². The number of nitrogen functional groups attached to an aromatic ring is 1. The zero-order chi connectivity index (χ0) is 23.2. The second-order valence-electron chi connectivity index (χ2n) is 7.25. The summed E-state index contributed by atoms with van der Waals surface area (Å²) in [7, 11) is 0. The molecular weight excluding hydrogens is 420 g/mol. The monoisotopic (exact) mass is 436 g/mol. The lowest BCUT2D eigenvalue weighted by molar-refractivity contribution is -0.137. The van der Waals surface area contributed by atoms with Gasteiger partial charge in [0.1, 0.15) is 23.3 Å². The Hall–Kier alpha value is -4.12. The van der Waals surface area contributed by atoms with Crippen molar-refractivity contribution in [2.45, 2.75) is 13.1 Å². The zero-order valence-corrected chi connectivity index (χ0v) is 16.8. The van der Waals surface area contributed by atoms with E-state index in [9.17, 15) is 22.8 Å². The Labute approximate surface area is 180 Å². The number of nitrogens with zero attached hydrogens (tertiary/aromatic N) is 3. The highest BCUT2D eigenvalue weighted by Gasteiger charge is 2.31. The molecule has 0 radical (unpaired) electrons. The third kappa shape index (κ3) is 3.48. The number of hydrogen-bond donors (Lipinski definition) is 1. The van der Waals surface area contributed by atoms with Crippen LogP contribution in [0.3, 0.4) is 0 Å². The van der Waals surface area contributed by atoms with E-state index >= 15 is 0 Å². The molecule has 2 aromatic heterocycles. The molecule has 32 heavy (non-hydrogen) atoms. The second-order valence-corrected chi connectivity index (χ2v) is 7.25. The van der Waals surface area contributed by atoms with Gasteiger partial charge in [-0.15, -0.1) is 0 Å². The molecule has 0 atom stereocenters. The molecule has 0 amide bonds. The number of hydrogen-bond acceptors (Lipinski definition) is 3. The van der Waals surface area contributed by atoms with Gasteiger partial charge in [0.2, 0.25) is 0 Å². The average molecular weight is 436 g/mol. The minimum Gasteiger partial charge on any atom is -0.383 e.